The summed E-state index contributed by atoms with van der Waals surface area (Å²) >= 11 is 0. The summed E-state index contributed by atoms with van der Waals surface area (Å²) < 4.78 is 0. The lowest BCUT2D eigenvalue weighted by Crippen LogP contribution is -2.54. The lowest BCUT2D eigenvalue weighted by molar-refractivity contribution is 0.203. The minimum Gasteiger partial charge on any atom is -0.279 e. The van der Waals surface area contributed by atoms with Gasteiger partial charge in [-0.05, 0) is 84.1 Å². The quantitative estimate of drug-likeness (QED) is 0.186. The minimum atomic E-state index is -0.0436. The molecule has 7 aromatic rings. The molecule has 1 heterocycles. The van der Waals surface area contributed by atoms with E-state index in [1.54, 1.807) is 0 Å². The maximum absolute atomic E-state index is 3.82. The van der Waals surface area contributed by atoms with Crippen LogP contribution in [0.5, 0.6) is 0 Å². The van der Waals surface area contributed by atoms with E-state index in [9.17, 15) is 0 Å². The third kappa shape index (κ3) is 4.65. The molecule has 0 bridgehead atoms. The standard InChI is InChI=1S/C43H33N3/c1-3-12-28(13-4-1)41-44-42(29-14-5-2-6-15-29)46-43(45-41)33-19-10-17-31(27-33)30-16-9-18-32(26-30)34-24-25-39-36-21-8-7-20-35(36)38-23-11-22-37(34)40(38)39/h1-27,41-46H. The summed E-state index contributed by atoms with van der Waals surface area (Å²) in [6.45, 7) is 0. The molecule has 46 heavy (non-hydrogen) atoms. The summed E-state index contributed by atoms with van der Waals surface area (Å²) in [5, 5.41) is 14.1. The van der Waals surface area contributed by atoms with Crippen LogP contribution in [0.3, 0.4) is 0 Å². The fraction of sp³-hybridized carbons (Fsp3) is 0.0698. The molecular formula is C43H33N3. The molecule has 2 unspecified atom stereocenters. The zero-order valence-corrected chi connectivity index (χ0v) is 25.3. The van der Waals surface area contributed by atoms with E-state index in [-0.39, 0.29) is 18.5 Å². The molecular weight excluding hydrogens is 558 g/mol. The Bertz CT molecular complexity index is 2130. The van der Waals surface area contributed by atoms with Crippen LogP contribution < -0.4 is 16.0 Å². The lowest BCUT2D eigenvalue weighted by Gasteiger charge is -2.39. The van der Waals surface area contributed by atoms with Gasteiger partial charge >= 0.3 is 0 Å². The van der Waals surface area contributed by atoms with Crippen molar-refractivity contribution in [3.8, 4) is 44.5 Å². The average Bonchev–Trinajstić information content (AvgIpc) is 3.47. The first-order valence-corrected chi connectivity index (χ1v) is 16.0. The van der Waals surface area contributed by atoms with Gasteiger partial charge in [-0.1, -0.05) is 152 Å². The van der Waals surface area contributed by atoms with E-state index in [4.69, 9.17) is 0 Å². The maximum atomic E-state index is 3.82. The molecule has 1 aliphatic heterocycles. The Labute approximate surface area is 269 Å². The van der Waals surface area contributed by atoms with Crippen LogP contribution in [0.25, 0.3) is 55.3 Å². The normalized spacial score (nSPS) is 18.4. The zero-order valence-electron chi connectivity index (χ0n) is 25.3. The Kier molecular flexibility index (Phi) is 6.60. The van der Waals surface area contributed by atoms with Gasteiger partial charge in [0.25, 0.3) is 0 Å². The van der Waals surface area contributed by atoms with Crippen molar-refractivity contribution in [3.05, 3.63) is 180 Å². The summed E-state index contributed by atoms with van der Waals surface area (Å²) in [6, 6.07) is 59.3. The summed E-state index contributed by atoms with van der Waals surface area (Å²) in [5.74, 6) is 0. The molecule has 9 rings (SSSR count). The van der Waals surface area contributed by atoms with Gasteiger partial charge in [-0.15, -0.1) is 0 Å². The smallest absolute Gasteiger partial charge is 0.0864 e. The molecule has 1 fully saturated rings. The highest BCUT2D eigenvalue weighted by atomic mass is 15.4. The lowest BCUT2D eigenvalue weighted by atomic mass is 9.92. The van der Waals surface area contributed by atoms with Gasteiger partial charge in [0.15, 0.2) is 0 Å². The van der Waals surface area contributed by atoms with Gasteiger partial charge in [0.1, 0.15) is 0 Å². The SMILES string of the molecule is c1ccc(C2NC(c3ccccc3)NC(c3cccc(-c4cccc(-c5ccc6c7c(cccc57)-c5ccccc5-6)c4)c3)N2)cc1. The highest BCUT2D eigenvalue weighted by molar-refractivity contribution is 6.18. The Morgan fingerprint density at radius 1 is 0.304 bits per heavy atom. The first-order valence-electron chi connectivity index (χ1n) is 16.0. The minimum absolute atomic E-state index is 0.000404. The molecule has 1 aliphatic carbocycles. The van der Waals surface area contributed by atoms with Gasteiger partial charge in [0, 0.05) is 0 Å². The third-order valence-corrected chi connectivity index (χ3v) is 9.54. The van der Waals surface area contributed by atoms with Gasteiger partial charge in [-0.25, -0.2) is 0 Å². The molecule has 0 aromatic heterocycles. The molecule has 1 saturated heterocycles. The van der Waals surface area contributed by atoms with Crippen molar-refractivity contribution in [1.29, 1.82) is 0 Å². The summed E-state index contributed by atoms with van der Waals surface area (Å²) in [5.41, 5.74) is 13.9. The first-order chi connectivity index (χ1) is 22.8. The average molecular weight is 592 g/mol. The number of nitrogens with one attached hydrogen (secondary N) is 3. The van der Waals surface area contributed by atoms with E-state index in [1.165, 1.54) is 72.0 Å². The number of rotatable bonds is 5. The maximum Gasteiger partial charge on any atom is 0.0864 e. The largest absolute Gasteiger partial charge is 0.279 e. The molecule has 3 nitrogen and oxygen atoms in total. The number of hydrogen-bond acceptors (Lipinski definition) is 3. The highest BCUT2D eigenvalue weighted by Crippen LogP contribution is 2.49. The molecule has 0 saturated carbocycles. The van der Waals surface area contributed by atoms with E-state index < -0.39 is 0 Å². The van der Waals surface area contributed by atoms with E-state index in [0.29, 0.717) is 0 Å². The Hall–Kier alpha value is -5.32. The highest BCUT2D eigenvalue weighted by Gasteiger charge is 2.29. The molecule has 3 heteroatoms. The van der Waals surface area contributed by atoms with Crippen molar-refractivity contribution in [3.63, 3.8) is 0 Å². The Morgan fingerprint density at radius 3 is 1.43 bits per heavy atom. The summed E-state index contributed by atoms with van der Waals surface area (Å²) in [7, 11) is 0. The van der Waals surface area contributed by atoms with Gasteiger partial charge in [0.2, 0.25) is 0 Å². The van der Waals surface area contributed by atoms with Crippen molar-refractivity contribution in [2.45, 2.75) is 18.5 Å². The van der Waals surface area contributed by atoms with E-state index >= 15 is 0 Å². The van der Waals surface area contributed by atoms with E-state index in [0.717, 1.165) is 0 Å². The topological polar surface area (TPSA) is 36.1 Å². The van der Waals surface area contributed by atoms with Gasteiger partial charge in [-0.3, -0.25) is 16.0 Å². The van der Waals surface area contributed by atoms with Gasteiger partial charge < -0.3 is 0 Å². The van der Waals surface area contributed by atoms with Crippen LogP contribution in [0.1, 0.15) is 35.2 Å². The van der Waals surface area contributed by atoms with Gasteiger partial charge in [-0.2, -0.15) is 0 Å². The van der Waals surface area contributed by atoms with E-state index in [1.807, 2.05) is 0 Å². The Morgan fingerprint density at radius 2 is 0.761 bits per heavy atom. The fourth-order valence-corrected chi connectivity index (χ4v) is 7.34. The van der Waals surface area contributed by atoms with Crippen LogP contribution in [0.15, 0.2) is 164 Å². The first kappa shape index (κ1) is 27.0. The zero-order chi connectivity index (χ0) is 30.5. The number of benzene rings is 7. The summed E-state index contributed by atoms with van der Waals surface area (Å²) in [6.07, 6.45) is -0.0444. The fourth-order valence-electron chi connectivity index (χ4n) is 7.34. The van der Waals surface area contributed by atoms with Crippen molar-refractivity contribution in [2.75, 3.05) is 0 Å². The molecule has 0 radical (unpaired) electrons. The molecule has 3 N–H and O–H groups in total. The van der Waals surface area contributed by atoms with E-state index in [2.05, 4.69) is 180 Å². The number of fused-ring (bicyclic) bond motifs is 3. The van der Waals surface area contributed by atoms with Crippen LogP contribution in [0.4, 0.5) is 0 Å². The van der Waals surface area contributed by atoms with Crippen LogP contribution in [-0.4, -0.2) is 0 Å². The molecule has 2 aliphatic rings. The second-order valence-corrected chi connectivity index (χ2v) is 12.3. The van der Waals surface area contributed by atoms with Crippen LogP contribution in [0.2, 0.25) is 0 Å². The van der Waals surface area contributed by atoms with Crippen molar-refractivity contribution in [2.24, 2.45) is 0 Å². The predicted molar refractivity (Wildman–Crippen MR) is 190 cm³/mol. The Balaban J connectivity index is 1.07. The van der Waals surface area contributed by atoms with Crippen molar-refractivity contribution >= 4 is 10.8 Å². The van der Waals surface area contributed by atoms with Crippen molar-refractivity contribution in [1.82, 2.24) is 16.0 Å². The monoisotopic (exact) mass is 591 g/mol. The van der Waals surface area contributed by atoms with Gasteiger partial charge in [0.05, 0.1) is 18.5 Å². The molecule has 2 atom stereocenters. The second-order valence-electron chi connectivity index (χ2n) is 12.3. The predicted octanol–water partition coefficient (Wildman–Crippen LogP) is 10.00. The third-order valence-electron chi connectivity index (χ3n) is 9.54. The molecule has 220 valence electrons. The summed E-state index contributed by atoms with van der Waals surface area (Å²) in [4.78, 5) is 0. The van der Waals surface area contributed by atoms with Crippen molar-refractivity contribution < 1.29 is 0 Å². The molecule has 0 amide bonds. The molecule has 0 spiro atoms. The number of hydrogen-bond donors (Lipinski definition) is 3. The molecule has 7 aromatic carbocycles. The van der Waals surface area contributed by atoms with Crippen LogP contribution in [0, 0.1) is 0 Å². The van der Waals surface area contributed by atoms with Crippen LogP contribution >= 0.6 is 0 Å². The second kappa shape index (κ2) is 11.2. The van der Waals surface area contributed by atoms with Crippen LogP contribution in [-0.2, 0) is 0 Å².